The van der Waals surface area contributed by atoms with Crippen molar-refractivity contribution < 1.29 is 14.7 Å². The molecule has 1 unspecified atom stereocenters. The number of hydrogen-bond donors (Lipinski definition) is 1. The second-order valence-corrected chi connectivity index (χ2v) is 7.34. The third-order valence-corrected chi connectivity index (χ3v) is 5.52. The second kappa shape index (κ2) is 7.00. The molecule has 0 aliphatic carbocycles. The van der Waals surface area contributed by atoms with Gasteiger partial charge in [-0.2, -0.15) is 5.10 Å². The number of carboxylic acid groups (broad SMARTS) is 1. The van der Waals surface area contributed by atoms with E-state index in [9.17, 15) is 14.7 Å². The average Bonchev–Trinajstić information content (AvgIpc) is 3.16. The number of hydrogen-bond acceptors (Lipinski definition) is 4. The van der Waals surface area contributed by atoms with Crippen molar-refractivity contribution >= 4 is 11.9 Å². The minimum atomic E-state index is -0.885. The number of piperidine rings is 1. The number of carbonyl (C=O) groups is 2. The highest BCUT2D eigenvalue weighted by molar-refractivity contribution is 5.83. The zero-order chi connectivity index (χ0) is 18.0. The van der Waals surface area contributed by atoms with Crippen LogP contribution in [0.3, 0.4) is 0 Å². The predicted octanol–water partition coefficient (Wildman–Crippen LogP) is 1.36. The van der Waals surface area contributed by atoms with E-state index in [2.05, 4.69) is 16.6 Å². The van der Waals surface area contributed by atoms with Crippen LogP contribution in [0.2, 0.25) is 0 Å². The Morgan fingerprint density at radius 3 is 2.72 bits per heavy atom. The Balaban J connectivity index is 1.58. The summed E-state index contributed by atoms with van der Waals surface area (Å²) >= 11 is 0. The number of rotatable bonds is 5. The molecule has 3 heterocycles. The number of nitrogens with zero attached hydrogens (tertiary/aromatic N) is 4. The molecule has 1 spiro atoms. The van der Waals surface area contributed by atoms with E-state index in [0.717, 1.165) is 32.5 Å². The van der Waals surface area contributed by atoms with Crippen molar-refractivity contribution in [3.05, 3.63) is 30.6 Å². The van der Waals surface area contributed by atoms with Gasteiger partial charge in [0.25, 0.3) is 0 Å². The summed E-state index contributed by atoms with van der Waals surface area (Å²) in [5.41, 5.74) is 1.14. The van der Waals surface area contributed by atoms with Crippen LogP contribution < -0.4 is 0 Å². The van der Waals surface area contributed by atoms with Gasteiger partial charge in [-0.1, -0.05) is 6.08 Å². The summed E-state index contributed by atoms with van der Waals surface area (Å²) in [7, 11) is 0. The molecule has 7 heteroatoms. The molecule has 2 fully saturated rings. The van der Waals surface area contributed by atoms with Gasteiger partial charge in [0.2, 0.25) is 5.91 Å². The number of amides is 1. The van der Waals surface area contributed by atoms with E-state index in [1.165, 1.54) is 17.4 Å². The van der Waals surface area contributed by atoms with Gasteiger partial charge in [-0.05, 0) is 37.8 Å². The molecule has 2 saturated heterocycles. The zero-order valence-electron chi connectivity index (χ0n) is 14.7. The Morgan fingerprint density at radius 1 is 1.44 bits per heavy atom. The van der Waals surface area contributed by atoms with Gasteiger partial charge in [0.05, 0.1) is 12.7 Å². The number of aliphatic carboxylic acids is 1. The first kappa shape index (κ1) is 17.7. The third kappa shape index (κ3) is 3.76. The lowest BCUT2D eigenvalue weighted by atomic mass is 9.76. The van der Waals surface area contributed by atoms with Gasteiger partial charge in [0.1, 0.15) is 6.04 Å². The lowest BCUT2D eigenvalue weighted by molar-refractivity contribution is -0.147. The van der Waals surface area contributed by atoms with Gasteiger partial charge in [-0.25, -0.2) is 4.79 Å². The fourth-order valence-electron chi connectivity index (χ4n) is 4.13. The van der Waals surface area contributed by atoms with Crippen LogP contribution in [-0.2, 0) is 22.7 Å². The first-order chi connectivity index (χ1) is 11.9. The number of carbonyl (C=O) groups excluding carboxylic acids is 1. The van der Waals surface area contributed by atoms with E-state index in [-0.39, 0.29) is 11.3 Å². The summed E-state index contributed by atoms with van der Waals surface area (Å²) in [6.07, 6.45) is 8.19. The number of aromatic nitrogens is 2. The van der Waals surface area contributed by atoms with E-state index < -0.39 is 12.0 Å². The fourth-order valence-corrected chi connectivity index (χ4v) is 4.13. The van der Waals surface area contributed by atoms with E-state index >= 15 is 0 Å². The van der Waals surface area contributed by atoms with Crippen LogP contribution in [0.1, 0.15) is 31.7 Å². The van der Waals surface area contributed by atoms with Crippen LogP contribution in [0.15, 0.2) is 25.0 Å². The molecule has 1 aromatic heterocycles. The minimum absolute atomic E-state index is 0.0434. The van der Waals surface area contributed by atoms with Crippen LogP contribution in [-0.4, -0.2) is 62.2 Å². The highest BCUT2D eigenvalue weighted by atomic mass is 16.4. The molecule has 136 valence electrons. The Hall–Kier alpha value is -2.15. The number of likely N-dealkylation sites (tertiary alicyclic amines) is 2. The molecule has 1 amide bonds. The largest absolute Gasteiger partial charge is 0.480 e. The molecule has 3 rings (SSSR count). The third-order valence-electron chi connectivity index (χ3n) is 5.52. The maximum atomic E-state index is 11.8. The fraction of sp³-hybridized carbons (Fsp3) is 0.611. The highest BCUT2D eigenvalue weighted by Crippen LogP contribution is 2.43. The summed E-state index contributed by atoms with van der Waals surface area (Å²) < 4.78 is 1.87. The van der Waals surface area contributed by atoms with E-state index in [4.69, 9.17) is 0 Å². The molecule has 0 radical (unpaired) electrons. The van der Waals surface area contributed by atoms with Gasteiger partial charge in [0.15, 0.2) is 0 Å². The average molecular weight is 346 g/mol. The molecule has 2 aliphatic heterocycles. The summed E-state index contributed by atoms with van der Waals surface area (Å²) in [4.78, 5) is 27.2. The smallest absolute Gasteiger partial charge is 0.326 e. The van der Waals surface area contributed by atoms with Gasteiger partial charge in [-0.15, -0.1) is 6.58 Å². The van der Waals surface area contributed by atoms with E-state index in [0.29, 0.717) is 19.5 Å². The number of allylic oxidation sites excluding steroid dienone is 1. The van der Waals surface area contributed by atoms with Crippen molar-refractivity contribution in [2.45, 2.75) is 45.3 Å². The molecule has 25 heavy (non-hydrogen) atoms. The van der Waals surface area contributed by atoms with Crippen molar-refractivity contribution in [1.29, 1.82) is 0 Å². The van der Waals surface area contributed by atoms with Crippen molar-refractivity contribution in [3.63, 3.8) is 0 Å². The van der Waals surface area contributed by atoms with Gasteiger partial charge in [-0.3, -0.25) is 14.4 Å². The van der Waals surface area contributed by atoms with E-state index in [1.807, 2.05) is 23.2 Å². The molecule has 2 aliphatic rings. The van der Waals surface area contributed by atoms with Gasteiger partial charge in [0, 0.05) is 31.8 Å². The standard InChI is InChI=1S/C18H26N4O3/c1-3-6-21-12-15(10-19-21)11-20-7-4-18(5-8-20)9-16(17(24)25)22(13-18)14(2)23/h3,10,12,16H,1,4-9,11,13H2,2H3,(H,24,25). The molecule has 7 nitrogen and oxygen atoms in total. The van der Waals surface area contributed by atoms with Crippen molar-refractivity contribution in [2.24, 2.45) is 5.41 Å². The van der Waals surface area contributed by atoms with Crippen LogP contribution in [0.25, 0.3) is 0 Å². The molecule has 0 bridgehead atoms. The first-order valence-electron chi connectivity index (χ1n) is 8.77. The summed E-state index contributed by atoms with van der Waals surface area (Å²) in [6, 6.07) is -0.666. The normalized spacial score (nSPS) is 23.1. The summed E-state index contributed by atoms with van der Waals surface area (Å²) in [5.74, 6) is -1.02. The first-order valence-corrected chi connectivity index (χ1v) is 8.77. The Kier molecular flexibility index (Phi) is 4.94. The quantitative estimate of drug-likeness (QED) is 0.815. The van der Waals surface area contributed by atoms with Crippen LogP contribution in [0.4, 0.5) is 0 Å². The van der Waals surface area contributed by atoms with Crippen LogP contribution >= 0.6 is 0 Å². The lowest BCUT2D eigenvalue weighted by Crippen LogP contribution is -2.42. The monoisotopic (exact) mass is 346 g/mol. The molecule has 1 N–H and O–H groups in total. The van der Waals surface area contributed by atoms with Crippen LogP contribution in [0, 0.1) is 5.41 Å². The molecule has 0 saturated carbocycles. The van der Waals surface area contributed by atoms with Crippen molar-refractivity contribution in [3.8, 4) is 0 Å². The molecular weight excluding hydrogens is 320 g/mol. The predicted molar refractivity (Wildman–Crippen MR) is 92.8 cm³/mol. The van der Waals surface area contributed by atoms with Gasteiger partial charge < -0.3 is 10.0 Å². The minimum Gasteiger partial charge on any atom is -0.480 e. The van der Waals surface area contributed by atoms with Gasteiger partial charge >= 0.3 is 5.97 Å². The molecular formula is C18H26N4O3. The highest BCUT2D eigenvalue weighted by Gasteiger charge is 2.48. The summed E-state index contributed by atoms with van der Waals surface area (Å²) in [6.45, 7) is 9.16. The topological polar surface area (TPSA) is 78.7 Å². The van der Waals surface area contributed by atoms with Crippen LogP contribution in [0.5, 0.6) is 0 Å². The van der Waals surface area contributed by atoms with Crippen molar-refractivity contribution in [2.75, 3.05) is 19.6 Å². The lowest BCUT2D eigenvalue weighted by Gasteiger charge is -2.39. The molecule has 0 aromatic carbocycles. The maximum absolute atomic E-state index is 11.8. The SMILES string of the molecule is C=CCn1cc(CN2CCC3(CC2)CC(C(=O)O)N(C(C)=O)C3)cn1. The number of carboxylic acids is 1. The molecule has 1 atom stereocenters. The Bertz CT molecular complexity index is 637. The maximum Gasteiger partial charge on any atom is 0.326 e. The van der Waals surface area contributed by atoms with E-state index in [1.54, 1.807) is 0 Å². The molecule has 1 aromatic rings. The Labute approximate surface area is 147 Å². The zero-order valence-corrected chi connectivity index (χ0v) is 14.7. The second-order valence-electron chi connectivity index (χ2n) is 7.34. The summed E-state index contributed by atoms with van der Waals surface area (Å²) in [5, 5.41) is 13.7. The van der Waals surface area contributed by atoms with Crippen molar-refractivity contribution in [1.82, 2.24) is 19.6 Å². The Morgan fingerprint density at radius 2 is 2.16 bits per heavy atom.